The van der Waals surface area contributed by atoms with E-state index in [4.69, 9.17) is 0 Å². The zero-order valence-electron chi connectivity index (χ0n) is 9.73. The zero-order chi connectivity index (χ0) is 12.4. The second-order valence-corrected chi connectivity index (χ2v) is 5.56. The summed E-state index contributed by atoms with van der Waals surface area (Å²) in [6.45, 7) is 0. The molecule has 0 atom stereocenters. The molecule has 1 saturated carbocycles. The molecule has 0 aromatic heterocycles. The molecule has 5 heteroatoms. The second kappa shape index (κ2) is 5.04. The monoisotopic (exact) mass is 257 g/mol. The van der Waals surface area contributed by atoms with Crippen molar-refractivity contribution in [3.8, 4) is 0 Å². The zero-order valence-corrected chi connectivity index (χ0v) is 10.6. The maximum Gasteiger partial charge on any atom is 0.224 e. The van der Waals surface area contributed by atoms with E-state index in [1.165, 1.54) is 26.0 Å². The first-order valence-electron chi connectivity index (χ1n) is 5.75. The van der Waals surface area contributed by atoms with Crippen LogP contribution in [-0.2, 0) is 17.3 Å². The fourth-order valence-corrected chi connectivity index (χ4v) is 2.30. The molecule has 0 spiro atoms. The van der Waals surface area contributed by atoms with Crippen LogP contribution in [0.1, 0.15) is 24.8 Å². The van der Waals surface area contributed by atoms with Crippen molar-refractivity contribution in [3.05, 3.63) is 29.6 Å². The number of hydrogen-bond acceptors (Lipinski definition) is 2. The van der Waals surface area contributed by atoms with Gasteiger partial charge in [0, 0.05) is 12.6 Å². The van der Waals surface area contributed by atoms with Gasteiger partial charge in [-0.1, -0.05) is 18.9 Å². The molecule has 0 radical (unpaired) electrons. The summed E-state index contributed by atoms with van der Waals surface area (Å²) in [5.74, 6) is 0.389. The molecule has 1 fully saturated rings. The molecule has 2 rings (SSSR count). The fourth-order valence-electron chi connectivity index (χ4n) is 1.94. The Labute approximate surface area is 102 Å². The van der Waals surface area contributed by atoms with E-state index in [0.717, 1.165) is 10.7 Å². The smallest absolute Gasteiger partial charge is 0.224 e. The van der Waals surface area contributed by atoms with E-state index in [2.05, 4.69) is 0 Å². The highest BCUT2D eigenvalue weighted by Gasteiger charge is 2.22. The second-order valence-electron chi connectivity index (χ2n) is 4.48. The summed E-state index contributed by atoms with van der Waals surface area (Å²) < 4.78 is 36.7. The van der Waals surface area contributed by atoms with Gasteiger partial charge in [-0.25, -0.2) is 12.8 Å². The van der Waals surface area contributed by atoms with Crippen LogP contribution in [0.25, 0.3) is 0 Å². The lowest BCUT2D eigenvalue weighted by molar-refractivity contribution is 0.596. The molecule has 1 aliphatic rings. The van der Waals surface area contributed by atoms with Crippen LogP contribution in [0.3, 0.4) is 0 Å². The van der Waals surface area contributed by atoms with Crippen molar-refractivity contribution in [2.45, 2.75) is 25.7 Å². The lowest BCUT2D eigenvalue weighted by atomic mass is 10.0. The van der Waals surface area contributed by atoms with Gasteiger partial charge in [0.1, 0.15) is 5.82 Å². The third-order valence-electron chi connectivity index (χ3n) is 3.19. The molecule has 0 N–H and O–H groups in total. The Morgan fingerprint density at radius 2 is 2.12 bits per heavy atom. The lowest BCUT2D eigenvalue weighted by Crippen LogP contribution is -2.16. The summed E-state index contributed by atoms with van der Waals surface area (Å²) in [6.07, 6.45) is 3.99. The normalized spacial score (nSPS) is 15.2. The standard InChI is InChI=1S/C12H16FNO2S/c1-14(17(15)16)12-4-2-3-11(13)10(12)8-7-9-5-6-9/h2-4,9,17H,5-8H2,1H3. The Morgan fingerprint density at radius 1 is 1.41 bits per heavy atom. The topological polar surface area (TPSA) is 37.4 Å². The van der Waals surface area contributed by atoms with Crippen molar-refractivity contribution in [3.63, 3.8) is 0 Å². The summed E-state index contributed by atoms with van der Waals surface area (Å²) in [5, 5.41) is 0. The van der Waals surface area contributed by atoms with Gasteiger partial charge in [0.05, 0.1) is 5.69 Å². The Balaban J connectivity index is 2.25. The molecule has 17 heavy (non-hydrogen) atoms. The van der Waals surface area contributed by atoms with Crippen molar-refractivity contribution < 1.29 is 12.8 Å². The van der Waals surface area contributed by atoms with E-state index >= 15 is 0 Å². The highest BCUT2D eigenvalue weighted by atomic mass is 32.2. The van der Waals surface area contributed by atoms with Gasteiger partial charge in [0.25, 0.3) is 0 Å². The van der Waals surface area contributed by atoms with Gasteiger partial charge < -0.3 is 0 Å². The Hall–Kier alpha value is -1.10. The molecule has 0 unspecified atom stereocenters. The Bertz CT molecular complexity index is 475. The van der Waals surface area contributed by atoms with E-state index in [9.17, 15) is 12.8 Å². The van der Waals surface area contributed by atoms with Crippen LogP contribution < -0.4 is 4.31 Å². The van der Waals surface area contributed by atoms with Gasteiger partial charge in [-0.15, -0.1) is 0 Å². The van der Waals surface area contributed by atoms with E-state index in [-0.39, 0.29) is 5.82 Å². The van der Waals surface area contributed by atoms with Crippen LogP contribution in [0, 0.1) is 11.7 Å². The van der Waals surface area contributed by atoms with Crippen molar-refractivity contribution in [2.24, 2.45) is 5.92 Å². The molecule has 0 saturated heterocycles. The summed E-state index contributed by atoms with van der Waals surface area (Å²) >= 11 is 0. The third-order valence-corrected chi connectivity index (χ3v) is 3.89. The van der Waals surface area contributed by atoms with Crippen molar-refractivity contribution in [1.29, 1.82) is 0 Å². The molecular formula is C12H16FNO2S. The molecular weight excluding hydrogens is 241 g/mol. The van der Waals surface area contributed by atoms with Gasteiger partial charge in [-0.05, 0) is 30.9 Å². The van der Waals surface area contributed by atoms with Gasteiger partial charge in [-0.3, -0.25) is 4.31 Å². The maximum atomic E-state index is 13.7. The molecule has 0 heterocycles. The first-order valence-corrected chi connectivity index (χ1v) is 6.88. The third kappa shape index (κ3) is 2.97. The number of nitrogens with zero attached hydrogens (tertiary/aromatic N) is 1. The number of rotatable bonds is 5. The Morgan fingerprint density at radius 3 is 2.71 bits per heavy atom. The molecule has 1 aromatic carbocycles. The lowest BCUT2D eigenvalue weighted by Gasteiger charge is -2.16. The van der Waals surface area contributed by atoms with Gasteiger partial charge >= 0.3 is 0 Å². The minimum atomic E-state index is -2.71. The van der Waals surface area contributed by atoms with E-state index < -0.39 is 10.9 Å². The van der Waals surface area contributed by atoms with E-state index in [1.54, 1.807) is 12.1 Å². The molecule has 1 aromatic rings. The van der Waals surface area contributed by atoms with Gasteiger partial charge in [0.15, 0.2) is 0 Å². The summed E-state index contributed by atoms with van der Waals surface area (Å²) in [6, 6.07) is 4.58. The van der Waals surface area contributed by atoms with E-state index in [1.807, 2.05) is 0 Å². The highest BCUT2D eigenvalue weighted by Crippen LogP contribution is 2.35. The summed E-state index contributed by atoms with van der Waals surface area (Å²) in [4.78, 5) is 0. The van der Waals surface area contributed by atoms with Crippen LogP contribution in [0.2, 0.25) is 0 Å². The quantitative estimate of drug-likeness (QED) is 0.821. The van der Waals surface area contributed by atoms with Crippen LogP contribution in [-0.4, -0.2) is 15.5 Å². The highest BCUT2D eigenvalue weighted by molar-refractivity contribution is 7.74. The molecule has 0 amide bonds. The number of halogens is 1. The fraction of sp³-hybridized carbons (Fsp3) is 0.500. The number of benzene rings is 1. The Kier molecular flexibility index (Phi) is 3.66. The van der Waals surface area contributed by atoms with Gasteiger partial charge in [0.2, 0.25) is 10.9 Å². The van der Waals surface area contributed by atoms with Gasteiger partial charge in [-0.2, -0.15) is 0 Å². The number of anilines is 1. The van der Waals surface area contributed by atoms with Crippen LogP contribution in [0.15, 0.2) is 18.2 Å². The maximum absolute atomic E-state index is 13.7. The first kappa shape index (κ1) is 12.4. The summed E-state index contributed by atoms with van der Waals surface area (Å²) in [5.41, 5.74) is 0.975. The van der Waals surface area contributed by atoms with Crippen molar-refractivity contribution >= 4 is 16.6 Å². The first-order chi connectivity index (χ1) is 8.09. The number of thiol groups is 1. The SMILES string of the molecule is CN(c1cccc(F)c1CCC1CC1)[SH](=O)=O. The molecule has 0 aliphatic heterocycles. The van der Waals surface area contributed by atoms with Crippen LogP contribution in [0.4, 0.5) is 10.1 Å². The summed E-state index contributed by atoms with van der Waals surface area (Å²) in [7, 11) is -1.26. The average Bonchev–Trinajstić information content (AvgIpc) is 3.10. The average molecular weight is 257 g/mol. The van der Waals surface area contributed by atoms with Crippen molar-refractivity contribution in [1.82, 2.24) is 0 Å². The predicted octanol–water partition coefficient (Wildman–Crippen LogP) is 2.13. The minimum absolute atomic E-state index is 0.313. The molecule has 1 aliphatic carbocycles. The largest absolute Gasteiger partial charge is 0.275 e. The number of hydrogen-bond donors (Lipinski definition) is 1. The minimum Gasteiger partial charge on any atom is -0.275 e. The molecule has 3 nitrogen and oxygen atoms in total. The van der Waals surface area contributed by atoms with E-state index in [0.29, 0.717) is 23.6 Å². The van der Waals surface area contributed by atoms with Crippen LogP contribution >= 0.6 is 0 Å². The predicted molar refractivity (Wildman–Crippen MR) is 66.2 cm³/mol. The molecule has 94 valence electrons. The van der Waals surface area contributed by atoms with Crippen molar-refractivity contribution in [2.75, 3.05) is 11.4 Å². The van der Waals surface area contributed by atoms with Crippen LogP contribution in [0.5, 0.6) is 0 Å². The molecule has 0 bridgehead atoms.